The Morgan fingerprint density at radius 2 is 1.96 bits per heavy atom. The molecule has 0 radical (unpaired) electrons. The standard InChI is InChI=1S/C20H26N4O2/c1-15(25)23-9-7-17(8-10-23)24-11-12-26-14-19(24)20-21-13-18(22-20)16-5-3-2-4-6-16/h2-6,13,17,19H,7-12,14H2,1H3,(H,21,22). The molecule has 26 heavy (non-hydrogen) atoms. The number of hydrogen-bond donors (Lipinski definition) is 1. The Morgan fingerprint density at radius 1 is 1.19 bits per heavy atom. The molecule has 1 unspecified atom stereocenters. The molecule has 2 aliphatic rings. The number of carbonyl (C=O) groups excluding carboxylic acids is 1. The number of carbonyl (C=O) groups is 1. The highest BCUT2D eigenvalue weighted by Gasteiger charge is 2.34. The van der Waals surface area contributed by atoms with Crippen LogP contribution in [0.25, 0.3) is 11.3 Å². The minimum atomic E-state index is 0.148. The summed E-state index contributed by atoms with van der Waals surface area (Å²) >= 11 is 0. The average Bonchev–Trinajstić information content (AvgIpc) is 3.19. The minimum absolute atomic E-state index is 0.148. The van der Waals surface area contributed by atoms with Crippen molar-refractivity contribution in [2.24, 2.45) is 0 Å². The molecular formula is C20H26N4O2. The monoisotopic (exact) mass is 354 g/mol. The highest BCUT2D eigenvalue weighted by molar-refractivity contribution is 5.73. The van der Waals surface area contributed by atoms with Crippen LogP contribution >= 0.6 is 0 Å². The third-order valence-electron chi connectivity index (χ3n) is 5.54. The van der Waals surface area contributed by atoms with Gasteiger partial charge in [0.05, 0.1) is 31.1 Å². The highest BCUT2D eigenvalue weighted by Crippen LogP contribution is 2.30. The normalized spacial score (nSPS) is 22.5. The first-order valence-electron chi connectivity index (χ1n) is 9.41. The van der Waals surface area contributed by atoms with Gasteiger partial charge in [0.15, 0.2) is 0 Å². The van der Waals surface area contributed by atoms with Crippen LogP contribution < -0.4 is 0 Å². The molecule has 3 heterocycles. The molecule has 0 saturated carbocycles. The third-order valence-corrected chi connectivity index (χ3v) is 5.54. The summed E-state index contributed by atoms with van der Waals surface area (Å²) in [6.45, 7) is 5.68. The van der Waals surface area contributed by atoms with Gasteiger partial charge in [0.25, 0.3) is 0 Å². The summed E-state index contributed by atoms with van der Waals surface area (Å²) in [6.07, 6.45) is 3.94. The van der Waals surface area contributed by atoms with E-state index in [9.17, 15) is 4.79 Å². The summed E-state index contributed by atoms with van der Waals surface area (Å²) in [6, 6.07) is 10.9. The zero-order valence-corrected chi connectivity index (χ0v) is 15.2. The van der Waals surface area contributed by atoms with Crippen molar-refractivity contribution in [1.82, 2.24) is 19.8 Å². The van der Waals surface area contributed by atoms with E-state index in [2.05, 4.69) is 27.0 Å². The number of piperidine rings is 1. The van der Waals surface area contributed by atoms with Crippen molar-refractivity contribution in [2.75, 3.05) is 32.8 Å². The van der Waals surface area contributed by atoms with Gasteiger partial charge in [0, 0.05) is 32.6 Å². The van der Waals surface area contributed by atoms with Gasteiger partial charge in [-0.2, -0.15) is 0 Å². The topological polar surface area (TPSA) is 61.5 Å². The maximum Gasteiger partial charge on any atom is 0.219 e. The first-order valence-corrected chi connectivity index (χ1v) is 9.41. The van der Waals surface area contributed by atoms with Gasteiger partial charge in [-0.1, -0.05) is 30.3 Å². The highest BCUT2D eigenvalue weighted by atomic mass is 16.5. The molecule has 0 spiro atoms. The van der Waals surface area contributed by atoms with E-state index in [0.717, 1.165) is 56.2 Å². The number of aromatic nitrogens is 2. The second kappa shape index (κ2) is 7.60. The summed E-state index contributed by atoms with van der Waals surface area (Å²) < 4.78 is 5.77. The number of hydrogen-bond acceptors (Lipinski definition) is 4. The van der Waals surface area contributed by atoms with E-state index in [1.165, 1.54) is 0 Å². The Bertz CT molecular complexity index is 737. The number of aromatic amines is 1. The number of H-pyrrole nitrogens is 1. The van der Waals surface area contributed by atoms with E-state index >= 15 is 0 Å². The van der Waals surface area contributed by atoms with Crippen molar-refractivity contribution in [3.05, 3.63) is 42.4 Å². The molecule has 4 rings (SSSR count). The van der Waals surface area contributed by atoms with Crippen LogP contribution in [0.1, 0.15) is 31.6 Å². The van der Waals surface area contributed by atoms with Crippen molar-refractivity contribution < 1.29 is 9.53 Å². The second-order valence-electron chi connectivity index (χ2n) is 7.11. The fourth-order valence-corrected chi connectivity index (χ4v) is 4.07. The number of amides is 1. The number of nitrogens with zero attached hydrogens (tertiary/aromatic N) is 3. The molecule has 2 fully saturated rings. The average molecular weight is 354 g/mol. The first kappa shape index (κ1) is 17.2. The number of rotatable bonds is 3. The molecule has 0 bridgehead atoms. The summed E-state index contributed by atoms with van der Waals surface area (Å²) in [7, 11) is 0. The number of morpholine rings is 1. The third kappa shape index (κ3) is 3.52. The fraction of sp³-hybridized carbons (Fsp3) is 0.500. The fourth-order valence-electron chi connectivity index (χ4n) is 4.07. The molecule has 6 nitrogen and oxygen atoms in total. The predicted molar refractivity (Wildman–Crippen MR) is 99.6 cm³/mol. The molecule has 138 valence electrons. The van der Waals surface area contributed by atoms with E-state index in [0.29, 0.717) is 12.6 Å². The lowest BCUT2D eigenvalue weighted by Crippen LogP contribution is -2.51. The molecule has 1 aromatic heterocycles. The zero-order chi connectivity index (χ0) is 17.9. The molecule has 1 aromatic carbocycles. The largest absolute Gasteiger partial charge is 0.378 e. The number of ether oxygens (including phenoxy) is 1. The number of nitrogens with one attached hydrogen (secondary N) is 1. The van der Waals surface area contributed by atoms with Crippen molar-refractivity contribution in [2.45, 2.75) is 31.8 Å². The molecule has 1 atom stereocenters. The SMILES string of the molecule is CC(=O)N1CCC(N2CCOCC2c2ncc(-c3ccccc3)[nH]2)CC1. The van der Waals surface area contributed by atoms with Gasteiger partial charge in [0.1, 0.15) is 5.82 Å². The van der Waals surface area contributed by atoms with Crippen LogP contribution in [-0.2, 0) is 9.53 Å². The molecule has 1 amide bonds. The second-order valence-corrected chi connectivity index (χ2v) is 7.11. The molecule has 0 aliphatic carbocycles. The van der Waals surface area contributed by atoms with Crippen molar-refractivity contribution in [3.8, 4) is 11.3 Å². The van der Waals surface area contributed by atoms with E-state index in [1.54, 1.807) is 6.92 Å². The lowest BCUT2D eigenvalue weighted by molar-refractivity contribution is -0.131. The van der Waals surface area contributed by atoms with Gasteiger partial charge in [-0.3, -0.25) is 9.69 Å². The number of imidazole rings is 1. The van der Waals surface area contributed by atoms with Crippen molar-refractivity contribution >= 4 is 5.91 Å². The van der Waals surface area contributed by atoms with Crippen LogP contribution in [0.15, 0.2) is 36.5 Å². The number of likely N-dealkylation sites (tertiary alicyclic amines) is 1. The molecule has 6 heteroatoms. The Kier molecular flexibility index (Phi) is 5.04. The molecule has 2 saturated heterocycles. The minimum Gasteiger partial charge on any atom is -0.378 e. The van der Waals surface area contributed by atoms with E-state index < -0.39 is 0 Å². The first-order chi connectivity index (χ1) is 12.7. The van der Waals surface area contributed by atoms with Crippen LogP contribution in [0.5, 0.6) is 0 Å². The van der Waals surface area contributed by atoms with Gasteiger partial charge < -0.3 is 14.6 Å². The summed E-state index contributed by atoms with van der Waals surface area (Å²) in [5.74, 6) is 1.15. The van der Waals surface area contributed by atoms with Gasteiger partial charge in [0.2, 0.25) is 5.91 Å². The Morgan fingerprint density at radius 3 is 2.69 bits per heavy atom. The maximum absolute atomic E-state index is 11.6. The lowest BCUT2D eigenvalue weighted by Gasteiger charge is -2.43. The van der Waals surface area contributed by atoms with Gasteiger partial charge in [-0.25, -0.2) is 4.98 Å². The van der Waals surface area contributed by atoms with Crippen molar-refractivity contribution in [3.63, 3.8) is 0 Å². The number of benzene rings is 1. The van der Waals surface area contributed by atoms with Crippen LogP contribution in [-0.4, -0.2) is 64.6 Å². The Balaban J connectivity index is 1.50. The molecule has 2 aromatic rings. The van der Waals surface area contributed by atoms with Gasteiger partial charge in [-0.15, -0.1) is 0 Å². The zero-order valence-electron chi connectivity index (χ0n) is 15.2. The predicted octanol–water partition coefficient (Wildman–Crippen LogP) is 2.46. The van der Waals surface area contributed by atoms with Gasteiger partial charge in [-0.05, 0) is 18.4 Å². The van der Waals surface area contributed by atoms with Crippen LogP contribution in [0.3, 0.4) is 0 Å². The van der Waals surface area contributed by atoms with Gasteiger partial charge >= 0.3 is 0 Å². The van der Waals surface area contributed by atoms with E-state index in [4.69, 9.17) is 4.74 Å². The van der Waals surface area contributed by atoms with Crippen LogP contribution in [0, 0.1) is 0 Å². The molecule has 1 N–H and O–H groups in total. The van der Waals surface area contributed by atoms with Crippen LogP contribution in [0.4, 0.5) is 0 Å². The van der Waals surface area contributed by atoms with Crippen molar-refractivity contribution in [1.29, 1.82) is 0 Å². The smallest absolute Gasteiger partial charge is 0.219 e. The Hall–Kier alpha value is -2.18. The Labute approximate surface area is 154 Å². The quantitative estimate of drug-likeness (QED) is 0.920. The summed E-state index contributed by atoms with van der Waals surface area (Å²) in [4.78, 5) is 24.2. The van der Waals surface area contributed by atoms with E-state index in [-0.39, 0.29) is 11.9 Å². The molecule has 2 aliphatic heterocycles. The lowest BCUT2D eigenvalue weighted by atomic mass is 10.00. The van der Waals surface area contributed by atoms with Crippen LogP contribution in [0.2, 0.25) is 0 Å². The summed E-state index contributed by atoms with van der Waals surface area (Å²) in [5, 5.41) is 0. The molecular weight excluding hydrogens is 328 g/mol. The maximum atomic E-state index is 11.6. The van der Waals surface area contributed by atoms with E-state index in [1.807, 2.05) is 29.3 Å². The summed E-state index contributed by atoms with van der Waals surface area (Å²) in [5.41, 5.74) is 2.18.